The van der Waals surface area contributed by atoms with Crippen LogP contribution in [0.25, 0.3) is 11.3 Å². The number of nitrogens with zero attached hydrogens (tertiary/aromatic N) is 2. The van der Waals surface area contributed by atoms with E-state index in [0.717, 1.165) is 22.4 Å². The van der Waals surface area contributed by atoms with Gasteiger partial charge in [0.25, 0.3) is 0 Å². The van der Waals surface area contributed by atoms with Gasteiger partial charge in [-0.1, -0.05) is 48.5 Å². The van der Waals surface area contributed by atoms with E-state index in [1.54, 1.807) is 6.33 Å². The largest absolute Gasteiger partial charge is 0.465 e. The van der Waals surface area contributed by atoms with Crippen molar-refractivity contribution in [2.75, 3.05) is 13.1 Å². The molecule has 0 radical (unpaired) electrons. The van der Waals surface area contributed by atoms with Crippen LogP contribution in [0, 0.1) is 0 Å². The molecule has 5 nitrogen and oxygen atoms in total. The first-order chi connectivity index (χ1) is 12.2. The van der Waals surface area contributed by atoms with E-state index >= 15 is 0 Å². The van der Waals surface area contributed by atoms with Crippen molar-refractivity contribution in [3.05, 3.63) is 78.2 Å². The molecule has 3 rings (SSSR count). The molecule has 0 spiro atoms. The second-order valence-electron chi connectivity index (χ2n) is 5.86. The molecule has 0 saturated heterocycles. The molecule has 2 N–H and O–H groups in total. The number of imidazole rings is 1. The normalized spacial score (nSPS) is 11.9. The summed E-state index contributed by atoms with van der Waals surface area (Å²) in [5, 5.41) is 9.43. The first-order valence-electron chi connectivity index (χ1n) is 8.31. The van der Waals surface area contributed by atoms with Crippen molar-refractivity contribution in [1.82, 2.24) is 14.9 Å². The molecule has 0 aliphatic carbocycles. The highest BCUT2D eigenvalue weighted by molar-refractivity contribution is 5.65. The highest BCUT2D eigenvalue weighted by atomic mass is 16.4. The Morgan fingerprint density at radius 3 is 2.56 bits per heavy atom. The molecule has 0 saturated carbocycles. The molecular formula is C20H21N3O2. The minimum atomic E-state index is -0.896. The molecule has 25 heavy (non-hydrogen) atoms. The van der Waals surface area contributed by atoms with Gasteiger partial charge >= 0.3 is 6.09 Å². The summed E-state index contributed by atoms with van der Waals surface area (Å²) in [6, 6.07) is 18.2. The highest BCUT2D eigenvalue weighted by Gasteiger charge is 2.21. The van der Waals surface area contributed by atoms with E-state index in [9.17, 15) is 9.90 Å². The van der Waals surface area contributed by atoms with Crippen molar-refractivity contribution in [2.24, 2.45) is 0 Å². The average Bonchev–Trinajstić information content (AvgIpc) is 3.18. The van der Waals surface area contributed by atoms with E-state index in [1.807, 2.05) is 61.7 Å². The number of benzene rings is 2. The molecule has 1 amide bonds. The van der Waals surface area contributed by atoms with E-state index in [2.05, 4.69) is 16.0 Å². The van der Waals surface area contributed by atoms with Crippen LogP contribution in [0.3, 0.4) is 0 Å². The molecule has 0 aliphatic heterocycles. The van der Waals surface area contributed by atoms with Gasteiger partial charge in [-0.05, 0) is 24.1 Å². The van der Waals surface area contributed by atoms with Gasteiger partial charge in [-0.15, -0.1) is 0 Å². The zero-order valence-electron chi connectivity index (χ0n) is 14.1. The molecule has 1 atom stereocenters. The number of hydrogen-bond donors (Lipinski definition) is 2. The summed E-state index contributed by atoms with van der Waals surface area (Å²) in [7, 11) is 0. The number of rotatable bonds is 6. The monoisotopic (exact) mass is 335 g/mol. The third-order valence-corrected chi connectivity index (χ3v) is 4.34. The maximum Gasteiger partial charge on any atom is 0.407 e. The number of nitrogens with one attached hydrogen (secondary N) is 1. The molecule has 1 unspecified atom stereocenters. The van der Waals surface area contributed by atoms with E-state index in [0.29, 0.717) is 13.1 Å². The second-order valence-corrected chi connectivity index (χ2v) is 5.86. The van der Waals surface area contributed by atoms with E-state index < -0.39 is 6.09 Å². The number of H-pyrrole nitrogens is 1. The molecule has 1 heterocycles. The number of aromatic amines is 1. The topological polar surface area (TPSA) is 69.2 Å². The number of amides is 1. The molecule has 128 valence electrons. The number of hydrogen-bond acceptors (Lipinski definition) is 2. The van der Waals surface area contributed by atoms with Crippen LogP contribution in [0.4, 0.5) is 4.79 Å². The zero-order chi connectivity index (χ0) is 17.6. The molecule has 1 aromatic heterocycles. The Labute approximate surface area is 147 Å². The van der Waals surface area contributed by atoms with Crippen LogP contribution >= 0.6 is 0 Å². The first kappa shape index (κ1) is 16.8. The van der Waals surface area contributed by atoms with Gasteiger partial charge in [0.15, 0.2) is 0 Å². The van der Waals surface area contributed by atoms with Gasteiger partial charge in [-0.2, -0.15) is 0 Å². The molecular weight excluding hydrogens is 314 g/mol. The summed E-state index contributed by atoms with van der Waals surface area (Å²) in [5.74, 6) is -0.0314. The van der Waals surface area contributed by atoms with Crippen molar-refractivity contribution >= 4 is 6.09 Å². The highest BCUT2D eigenvalue weighted by Crippen LogP contribution is 2.29. The summed E-state index contributed by atoms with van der Waals surface area (Å²) in [5.41, 5.74) is 4.06. The second kappa shape index (κ2) is 7.66. The maximum absolute atomic E-state index is 11.5. The third kappa shape index (κ3) is 3.88. The SMILES string of the molecule is CCN(CC(c1ccccc1)c1cccc(-c2c[nH]cn2)c1)C(=O)O. The van der Waals surface area contributed by atoms with Crippen LogP contribution in [0.15, 0.2) is 67.1 Å². The van der Waals surface area contributed by atoms with Gasteiger partial charge in [0.2, 0.25) is 0 Å². The number of carboxylic acid groups (broad SMARTS) is 1. The first-order valence-corrected chi connectivity index (χ1v) is 8.31. The minimum Gasteiger partial charge on any atom is -0.465 e. The molecule has 3 aromatic rings. The van der Waals surface area contributed by atoms with Gasteiger partial charge < -0.3 is 15.0 Å². The molecule has 0 fully saturated rings. The molecule has 0 bridgehead atoms. The smallest absolute Gasteiger partial charge is 0.407 e. The Bertz CT molecular complexity index is 816. The lowest BCUT2D eigenvalue weighted by Gasteiger charge is -2.25. The fourth-order valence-corrected chi connectivity index (χ4v) is 2.98. The Kier molecular flexibility index (Phi) is 5.14. The van der Waals surface area contributed by atoms with Gasteiger partial charge in [0, 0.05) is 30.8 Å². The van der Waals surface area contributed by atoms with E-state index in [4.69, 9.17) is 0 Å². The van der Waals surface area contributed by atoms with Gasteiger partial charge in [-0.3, -0.25) is 0 Å². The number of carbonyl (C=O) groups is 1. The van der Waals surface area contributed by atoms with Gasteiger partial charge in [0.05, 0.1) is 12.0 Å². The quantitative estimate of drug-likeness (QED) is 0.709. The summed E-state index contributed by atoms with van der Waals surface area (Å²) in [4.78, 5) is 20.2. The summed E-state index contributed by atoms with van der Waals surface area (Å²) in [6.45, 7) is 2.73. The Morgan fingerprint density at radius 1 is 1.16 bits per heavy atom. The van der Waals surface area contributed by atoms with Gasteiger partial charge in [-0.25, -0.2) is 9.78 Å². The minimum absolute atomic E-state index is 0.0314. The predicted molar refractivity (Wildman–Crippen MR) is 97.6 cm³/mol. The van der Waals surface area contributed by atoms with Crippen molar-refractivity contribution in [2.45, 2.75) is 12.8 Å². The lowest BCUT2D eigenvalue weighted by molar-refractivity contribution is 0.146. The molecule has 0 aliphatic rings. The summed E-state index contributed by atoms with van der Waals surface area (Å²) < 4.78 is 0. The molecule has 5 heteroatoms. The number of aromatic nitrogens is 2. The van der Waals surface area contributed by atoms with E-state index in [1.165, 1.54) is 4.90 Å². The summed E-state index contributed by atoms with van der Waals surface area (Å²) in [6.07, 6.45) is 2.61. The van der Waals surface area contributed by atoms with Crippen LogP contribution in [-0.4, -0.2) is 39.2 Å². The van der Waals surface area contributed by atoms with Crippen molar-refractivity contribution in [3.8, 4) is 11.3 Å². The lowest BCUT2D eigenvalue weighted by atomic mass is 9.89. The van der Waals surface area contributed by atoms with Crippen LogP contribution in [-0.2, 0) is 0 Å². The van der Waals surface area contributed by atoms with Crippen LogP contribution in [0.5, 0.6) is 0 Å². The predicted octanol–water partition coefficient (Wildman–Crippen LogP) is 4.21. The number of likely N-dealkylation sites (N-methyl/N-ethyl adjacent to an activating group) is 1. The molecule has 2 aromatic carbocycles. The zero-order valence-corrected chi connectivity index (χ0v) is 14.1. The standard InChI is InChI=1S/C20H21N3O2/c1-2-23(20(24)25)13-18(15-7-4-3-5-8-15)16-9-6-10-17(11-16)19-12-21-14-22-19/h3-12,14,18H,2,13H2,1H3,(H,21,22)(H,24,25). The lowest BCUT2D eigenvalue weighted by Crippen LogP contribution is -2.33. The Hall–Kier alpha value is -3.08. The summed E-state index contributed by atoms with van der Waals surface area (Å²) >= 11 is 0. The Morgan fingerprint density at radius 2 is 1.92 bits per heavy atom. The van der Waals surface area contributed by atoms with Crippen LogP contribution in [0.2, 0.25) is 0 Å². The van der Waals surface area contributed by atoms with Gasteiger partial charge in [0.1, 0.15) is 0 Å². The van der Waals surface area contributed by atoms with Crippen LogP contribution in [0.1, 0.15) is 24.0 Å². The fourth-order valence-electron chi connectivity index (χ4n) is 2.98. The third-order valence-electron chi connectivity index (χ3n) is 4.34. The fraction of sp³-hybridized carbons (Fsp3) is 0.200. The van der Waals surface area contributed by atoms with Crippen molar-refractivity contribution < 1.29 is 9.90 Å². The van der Waals surface area contributed by atoms with Crippen LogP contribution < -0.4 is 0 Å². The van der Waals surface area contributed by atoms with E-state index in [-0.39, 0.29) is 5.92 Å². The maximum atomic E-state index is 11.5. The average molecular weight is 335 g/mol. The van der Waals surface area contributed by atoms with Crippen molar-refractivity contribution in [3.63, 3.8) is 0 Å². The Balaban J connectivity index is 2.00. The van der Waals surface area contributed by atoms with Crippen molar-refractivity contribution in [1.29, 1.82) is 0 Å².